The molecule has 4 aromatic heterocycles. The van der Waals surface area contributed by atoms with E-state index < -0.39 is 77.0 Å². The summed E-state index contributed by atoms with van der Waals surface area (Å²) in [6, 6.07) is 0. The first-order chi connectivity index (χ1) is 26.5. The van der Waals surface area contributed by atoms with Crippen LogP contribution in [0.4, 0.5) is 11.6 Å². The van der Waals surface area contributed by atoms with Gasteiger partial charge >= 0.3 is 39.1 Å². The summed E-state index contributed by atoms with van der Waals surface area (Å²) in [5.74, 6) is -0.186. The van der Waals surface area contributed by atoms with Crippen molar-refractivity contribution >= 4 is 98.2 Å². The summed E-state index contributed by atoms with van der Waals surface area (Å²) >= 11 is 0. The lowest BCUT2D eigenvalue weighted by atomic mass is 10.4. The van der Waals surface area contributed by atoms with E-state index in [0.717, 1.165) is 34.4 Å². The first-order valence-electron chi connectivity index (χ1n) is 14.3. The second-order valence-electron chi connectivity index (χ2n) is 10.1. The summed E-state index contributed by atoms with van der Waals surface area (Å²) in [4.78, 5) is 118. The van der Waals surface area contributed by atoms with Gasteiger partial charge in [-0.15, -0.1) is 0 Å². The Morgan fingerprint density at radius 1 is 0.544 bits per heavy atom. The highest BCUT2D eigenvalue weighted by Gasteiger charge is 2.48. The van der Waals surface area contributed by atoms with Gasteiger partial charge in [0, 0.05) is 0 Å². The molecule has 4 heterocycles. The normalized spacial score (nSPS) is 19.5. The van der Waals surface area contributed by atoms with Gasteiger partial charge in [0.15, 0.2) is 60.5 Å². The number of hydrogen-bond acceptors (Lipinski definition) is 25. The van der Waals surface area contributed by atoms with Gasteiger partial charge in [-0.3, -0.25) is 27.8 Å². The van der Waals surface area contributed by atoms with Crippen LogP contribution in [0.2, 0.25) is 0 Å². The molecule has 0 fully saturated rings. The van der Waals surface area contributed by atoms with E-state index in [-0.39, 0.29) is 59.1 Å². The molecule has 0 spiro atoms. The third-order valence-electron chi connectivity index (χ3n) is 6.12. The number of anilines is 2. The summed E-state index contributed by atoms with van der Waals surface area (Å²) in [6.45, 7) is -2.64. The largest absolute Gasteiger partial charge is 0.490 e. The molecular formula is C20H25N10O22P5. The molecule has 4 rings (SSSR count). The average molecular weight is 912 g/mol. The highest BCUT2D eigenvalue weighted by Crippen LogP contribution is 2.73. The zero-order valence-corrected chi connectivity index (χ0v) is 32.0. The number of rotatable bonds is 24. The average Bonchev–Trinajstić information content (AvgIpc) is 3.73. The number of ether oxygens (including phenoxy) is 2. The Hall–Kier alpha value is -3.99. The number of phosphoric acid groups is 5. The predicted octanol–water partition coefficient (Wildman–Crippen LogP) is -1.00. The molecule has 0 saturated heterocycles. The smallest absolute Gasteiger partial charge is 0.382 e. The SMILES string of the molecule is Nc1ncnc2c1ncn2C(C=O)OC(C=O)COP(=O)(O)OP(=O)(O)OP(=O)(O)OP(=O)(O)OP(=O)(O)OCC(C=O)OC(C=O)n1cnc2c(N)ncnc21. The van der Waals surface area contributed by atoms with E-state index in [9.17, 15) is 66.5 Å². The van der Waals surface area contributed by atoms with Crippen LogP contribution >= 0.6 is 39.1 Å². The van der Waals surface area contributed by atoms with Crippen LogP contribution in [0.25, 0.3) is 22.3 Å². The molecule has 0 saturated carbocycles. The number of aromatic nitrogens is 8. The van der Waals surface area contributed by atoms with E-state index in [1.165, 1.54) is 0 Å². The van der Waals surface area contributed by atoms with Crippen LogP contribution in [0.1, 0.15) is 12.5 Å². The molecule has 0 amide bonds. The lowest BCUT2D eigenvalue weighted by molar-refractivity contribution is -0.140. The van der Waals surface area contributed by atoms with Crippen LogP contribution in [0, 0.1) is 0 Å². The van der Waals surface area contributed by atoms with E-state index in [4.69, 9.17) is 20.9 Å². The number of carbonyl (C=O) groups is 4. The van der Waals surface area contributed by atoms with Crippen LogP contribution in [-0.2, 0) is 77.8 Å². The number of nitrogens with two attached hydrogens (primary N) is 2. The van der Waals surface area contributed by atoms with Crippen LogP contribution in [0.3, 0.4) is 0 Å². The molecule has 8 atom stereocenters. The molecule has 312 valence electrons. The van der Waals surface area contributed by atoms with Gasteiger partial charge in [-0.05, 0) is 0 Å². The highest BCUT2D eigenvalue weighted by molar-refractivity contribution is 7.71. The summed E-state index contributed by atoms with van der Waals surface area (Å²) in [5.41, 5.74) is 11.3. The third kappa shape index (κ3) is 12.5. The summed E-state index contributed by atoms with van der Waals surface area (Å²) in [6.07, 6.45) is -3.08. The van der Waals surface area contributed by atoms with Gasteiger partial charge in [-0.2, -0.15) is 17.2 Å². The summed E-state index contributed by atoms with van der Waals surface area (Å²) in [7, 11) is -31.1. The van der Waals surface area contributed by atoms with Crippen molar-refractivity contribution in [1.29, 1.82) is 0 Å². The standard InChI is InChI=1S/C20H25N10O22P5/c21-17-15-19(25-7-23-17)29(9-27-15)13(3-33)47-11(1-31)5-45-53(35,36)49-55(39,40)51-57(43,44)52-56(41,42)50-54(37,38)46-6-12(2-32)48-14(4-34)30-10-28-16-18(22)24-8-26-20(16)30/h1-4,7-14H,5-6H2,(H,35,36)(H,37,38)(H,39,40)(H,41,42)(H,43,44)(H2,21,23,25)(H2,22,24,26). The minimum Gasteiger partial charge on any atom is -0.382 e. The number of phosphoric ester groups is 2. The topological polar surface area (TPSA) is 468 Å². The van der Waals surface area contributed by atoms with Crippen molar-refractivity contribution < 1.29 is 102 Å². The van der Waals surface area contributed by atoms with Gasteiger partial charge in [-0.1, -0.05) is 0 Å². The molecule has 0 aromatic carbocycles. The molecule has 4 aromatic rings. The first kappa shape index (κ1) is 45.7. The number of fused-ring (bicyclic) bond motifs is 2. The summed E-state index contributed by atoms with van der Waals surface area (Å²) < 4.78 is 97.0. The van der Waals surface area contributed by atoms with Crippen molar-refractivity contribution in [3.63, 3.8) is 0 Å². The maximum Gasteiger partial charge on any atom is 0.490 e. The van der Waals surface area contributed by atoms with Crippen molar-refractivity contribution in [2.24, 2.45) is 0 Å². The molecule has 57 heavy (non-hydrogen) atoms. The molecule has 0 aliphatic rings. The van der Waals surface area contributed by atoms with Gasteiger partial charge in [0.1, 0.15) is 35.9 Å². The lowest BCUT2D eigenvalue weighted by Gasteiger charge is -2.22. The number of carbonyl (C=O) groups excluding carboxylic acids is 4. The fraction of sp³-hybridized carbons (Fsp3) is 0.300. The second-order valence-corrected chi connectivity index (χ2v) is 17.9. The maximum atomic E-state index is 12.3. The first-order valence-corrected chi connectivity index (χ1v) is 21.8. The fourth-order valence-electron chi connectivity index (χ4n) is 3.97. The Balaban J connectivity index is 1.30. The van der Waals surface area contributed by atoms with Crippen molar-refractivity contribution in [2.45, 2.75) is 24.7 Å². The van der Waals surface area contributed by atoms with Gasteiger partial charge in [0.05, 0.1) is 25.9 Å². The van der Waals surface area contributed by atoms with Gasteiger partial charge in [0.25, 0.3) is 0 Å². The van der Waals surface area contributed by atoms with E-state index in [1.54, 1.807) is 0 Å². The Labute approximate surface area is 314 Å². The van der Waals surface area contributed by atoms with Gasteiger partial charge in [0.2, 0.25) is 0 Å². The number of nitrogen functional groups attached to an aromatic ring is 2. The van der Waals surface area contributed by atoms with Crippen molar-refractivity contribution in [2.75, 3.05) is 24.7 Å². The molecule has 9 N–H and O–H groups in total. The monoisotopic (exact) mass is 912 g/mol. The van der Waals surface area contributed by atoms with Gasteiger partial charge in [-0.25, -0.2) is 52.7 Å². The minimum absolute atomic E-state index is 0.0236. The molecule has 0 radical (unpaired) electrons. The minimum atomic E-state index is -6.49. The Kier molecular flexibility index (Phi) is 14.7. The van der Waals surface area contributed by atoms with E-state index in [2.05, 4.69) is 56.2 Å². The summed E-state index contributed by atoms with van der Waals surface area (Å²) in [5, 5.41) is 0. The van der Waals surface area contributed by atoms with E-state index in [0.29, 0.717) is 0 Å². The van der Waals surface area contributed by atoms with Crippen molar-refractivity contribution in [3.05, 3.63) is 25.3 Å². The zero-order chi connectivity index (χ0) is 42.4. The van der Waals surface area contributed by atoms with E-state index in [1.807, 2.05) is 0 Å². The predicted molar refractivity (Wildman–Crippen MR) is 177 cm³/mol. The number of imidazole rings is 2. The van der Waals surface area contributed by atoms with Gasteiger partial charge < -0.3 is 55.0 Å². The fourth-order valence-corrected chi connectivity index (χ4v) is 10.4. The van der Waals surface area contributed by atoms with Crippen LogP contribution < -0.4 is 11.5 Å². The Morgan fingerprint density at radius 2 is 0.877 bits per heavy atom. The Morgan fingerprint density at radius 3 is 1.19 bits per heavy atom. The maximum absolute atomic E-state index is 12.3. The number of hydrogen-bond donors (Lipinski definition) is 7. The lowest BCUT2D eigenvalue weighted by Crippen LogP contribution is -2.27. The Bertz CT molecular complexity index is 2220. The third-order valence-corrected chi connectivity index (χ3v) is 13.7. The quantitative estimate of drug-likeness (QED) is 0.0327. The molecule has 37 heteroatoms. The van der Waals surface area contributed by atoms with Crippen LogP contribution in [0.5, 0.6) is 0 Å². The van der Waals surface area contributed by atoms with Crippen LogP contribution in [0.15, 0.2) is 25.3 Å². The number of nitrogens with zero attached hydrogens (tertiary/aromatic N) is 8. The molecule has 8 unspecified atom stereocenters. The van der Waals surface area contributed by atoms with Crippen molar-refractivity contribution in [3.8, 4) is 0 Å². The number of aldehydes is 4. The zero-order valence-electron chi connectivity index (χ0n) is 27.5. The molecule has 0 bridgehead atoms. The van der Waals surface area contributed by atoms with Crippen molar-refractivity contribution in [1.82, 2.24) is 39.0 Å². The van der Waals surface area contributed by atoms with E-state index >= 15 is 0 Å². The van der Waals surface area contributed by atoms with Crippen LogP contribution in [-0.4, -0.2) is 114 Å². The molecular weight excluding hydrogens is 887 g/mol. The molecule has 32 nitrogen and oxygen atoms in total. The molecule has 0 aliphatic carbocycles. The highest BCUT2D eigenvalue weighted by atomic mass is 31.3. The second kappa shape index (κ2) is 18.3. The molecule has 0 aliphatic heterocycles.